The summed E-state index contributed by atoms with van der Waals surface area (Å²) in [4.78, 5) is 28.2. The van der Waals surface area contributed by atoms with Gasteiger partial charge in [-0.2, -0.15) is 0 Å². The molecule has 0 bridgehead atoms. The lowest BCUT2D eigenvalue weighted by molar-refractivity contribution is -0.420. The summed E-state index contributed by atoms with van der Waals surface area (Å²) in [5.41, 5.74) is 0.337. The highest BCUT2D eigenvalue weighted by Gasteiger charge is 2.23. The zero-order valence-corrected chi connectivity index (χ0v) is 12.2. The lowest BCUT2D eigenvalue weighted by Gasteiger charge is -2.26. The van der Waals surface area contributed by atoms with Crippen LogP contribution in [0.5, 0.6) is 0 Å². The second-order valence-corrected chi connectivity index (χ2v) is 4.71. The number of aldehydes is 1. The van der Waals surface area contributed by atoms with Crippen molar-refractivity contribution in [2.24, 2.45) is 0 Å². The topological polar surface area (TPSA) is 79.6 Å². The molecule has 0 amide bonds. The summed E-state index contributed by atoms with van der Waals surface area (Å²) in [5.74, 6) is 0.222. The van der Waals surface area contributed by atoms with Gasteiger partial charge in [-0.3, -0.25) is 14.9 Å². The third kappa shape index (κ3) is 3.92. The Balaban J connectivity index is 3.07. The monoisotopic (exact) mass is 298 g/mol. The number of nitrogens with zero attached hydrogens (tertiary/aromatic N) is 4. The number of rotatable bonds is 6. The van der Waals surface area contributed by atoms with Gasteiger partial charge in [0.25, 0.3) is 0 Å². The minimum Gasteiger partial charge on any atom is -0.359 e. The van der Waals surface area contributed by atoms with Crippen molar-refractivity contribution < 1.29 is 9.72 Å². The smallest absolute Gasteiger partial charge is 0.348 e. The molecule has 0 fully saturated rings. The second kappa shape index (κ2) is 6.85. The summed E-state index contributed by atoms with van der Waals surface area (Å²) in [5, 5.41) is 11.3. The van der Waals surface area contributed by atoms with Crippen LogP contribution in [0.3, 0.4) is 0 Å². The number of halogens is 1. The highest BCUT2D eigenvalue weighted by Crippen LogP contribution is 2.15. The van der Waals surface area contributed by atoms with E-state index in [2.05, 4.69) is 4.98 Å². The molecule has 1 aromatic rings. The molecule has 8 heteroatoms. The van der Waals surface area contributed by atoms with Gasteiger partial charge in [0.05, 0.1) is 4.92 Å². The summed E-state index contributed by atoms with van der Waals surface area (Å²) in [6, 6.07) is 3.41. The van der Waals surface area contributed by atoms with Gasteiger partial charge in [0, 0.05) is 33.9 Å². The van der Waals surface area contributed by atoms with Crippen molar-refractivity contribution >= 4 is 17.9 Å². The summed E-state index contributed by atoms with van der Waals surface area (Å²) >= 11 is 5.70. The molecule has 0 spiro atoms. The zero-order chi connectivity index (χ0) is 15.3. The summed E-state index contributed by atoms with van der Waals surface area (Å²) in [6.07, 6.45) is 1.82. The van der Waals surface area contributed by atoms with Crippen molar-refractivity contribution in [1.82, 2.24) is 14.8 Å². The fourth-order valence-electron chi connectivity index (χ4n) is 1.79. The molecule has 0 unspecified atom stereocenters. The van der Waals surface area contributed by atoms with Crippen molar-refractivity contribution in [3.8, 4) is 0 Å². The van der Waals surface area contributed by atoms with E-state index in [4.69, 9.17) is 11.6 Å². The first-order valence-corrected chi connectivity index (χ1v) is 6.07. The minimum atomic E-state index is -0.695. The fraction of sp³-hybridized carbons (Fsp3) is 0.333. The van der Waals surface area contributed by atoms with Crippen molar-refractivity contribution in [1.29, 1.82) is 0 Å². The van der Waals surface area contributed by atoms with Crippen molar-refractivity contribution in [3.05, 3.63) is 50.7 Å². The first-order chi connectivity index (χ1) is 9.36. The molecule has 0 N–H and O–H groups in total. The van der Waals surface area contributed by atoms with E-state index in [1.165, 1.54) is 4.90 Å². The fourth-order valence-corrected chi connectivity index (χ4v) is 1.90. The largest absolute Gasteiger partial charge is 0.359 e. The number of carbonyl (C=O) groups excluding carboxylic acids is 1. The molecule has 1 aromatic heterocycles. The molecule has 0 aliphatic carbocycles. The lowest BCUT2D eigenvalue weighted by Crippen LogP contribution is -2.31. The zero-order valence-electron chi connectivity index (χ0n) is 11.4. The van der Waals surface area contributed by atoms with Gasteiger partial charge in [0.1, 0.15) is 5.15 Å². The normalized spacial score (nSPS) is 11.6. The van der Waals surface area contributed by atoms with Gasteiger partial charge in [-0.1, -0.05) is 17.7 Å². The van der Waals surface area contributed by atoms with Crippen LogP contribution < -0.4 is 0 Å². The molecule has 0 aromatic carbocycles. The van der Waals surface area contributed by atoms with Crippen LogP contribution in [-0.4, -0.2) is 47.1 Å². The van der Waals surface area contributed by atoms with Crippen LogP contribution >= 0.6 is 11.6 Å². The maximum Gasteiger partial charge on any atom is 0.348 e. The third-order valence-corrected chi connectivity index (χ3v) is 2.75. The molecule has 1 rings (SSSR count). The Kier molecular flexibility index (Phi) is 5.45. The van der Waals surface area contributed by atoms with E-state index in [1.807, 2.05) is 0 Å². The average Bonchev–Trinajstić information content (AvgIpc) is 2.37. The van der Waals surface area contributed by atoms with Crippen molar-refractivity contribution in [3.63, 3.8) is 0 Å². The van der Waals surface area contributed by atoms with Crippen LogP contribution in [0.25, 0.3) is 0 Å². The maximum absolute atomic E-state index is 10.9. The average molecular weight is 299 g/mol. The summed E-state index contributed by atoms with van der Waals surface area (Å²) < 4.78 is 0. The summed E-state index contributed by atoms with van der Waals surface area (Å²) in [7, 11) is 4.94. The number of allylic oxidation sites excluding steroid dienone is 1. The quantitative estimate of drug-likeness (QED) is 0.259. The Morgan fingerprint density at radius 3 is 2.50 bits per heavy atom. The van der Waals surface area contributed by atoms with Crippen LogP contribution in [0.2, 0.25) is 5.15 Å². The Labute approximate surface area is 121 Å². The van der Waals surface area contributed by atoms with Gasteiger partial charge in [-0.25, -0.2) is 4.98 Å². The predicted octanol–water partition coefficient (Wildman–Crippen LogP) is 1.37. The first kappa shape index (κ1) is 15.9. The van der Waals surface area contributed by atoms with Gasteiger partial charge < -0.3 is 9.80 Å². The maximum atomic E-state index is 10.9. The number of aromatic nitrogens is 1. The van der Waals surface area contributed by atoms with Gasteiger partial charge in [-0.05, 0) is 11.6 Å². The SMILES string of the molecule is CN(C)/C(=C(/C=O)[N+](=O)[O-])N(C)Cc1ccc(Cl)nc1. The highest BCUT2D eigenvalue weighted by molar-refractivity contribution is 6.29. The number of carbonyl (C=O) groups is 1. The Morgan fingerprint density at radius 2 is 2.10 bits per heavy atom. The van der Waals surface area contributed by atoms with E-state index in [0.717, 1.165) is 5.56 Å². The molecule has 0 saturated carbocycles. The highest BCUT2D eigenvalue weighted by atomic mass is 35.5. The molecule has 1 heterocycles. The van der Waals surface area contributed by atoms with E-state index in [1.54, 1.807) is 44.4 Å². The van der Waals surface area contributed by atoms with Crippen molar-refractivity contribution in [2.45, 2.75) is 6.54 Å². The molecule has 0 aliphatic heterocycles. The molecule has 0 radical (unpaired) electrons. The Hall–Kier alpha value is -2.15. The van der Waals surface area contributed by atoms with Crippen LogP contribution in [0.15, 0.2) is 29.8 Å². The van der Waals surface area contributed by atoms with Gasteiger partial charge >= 0.3 is 5.70 Å². The first-order valence-electron chi connectivity index (χ1n) is 5.69. The van der Waals surface area contributed by atoms with Crippen LogP contribution in [0.4, 0.5) is 0 Å². The van der Waals surface area contributed by atoms with E-state index in [9.17, 15) is 14.9 Å². The second-order valence-electron chi connectivity index (χ2n) is 4.32. The van der Waals surface area contributed by atoms with Gasteiger partial charge in [-0.15, -0.1) is 0 Å². The van der Waals surface area contributed by atoms with E-state index >= 15 is 0 Å². The third-order valence-electron chi connectivity index (χ3n) is 2.53. The van der Waals surface area contributed by atoms with Gasteiger partial charge in [0.2, 0.25) is 6.29 Å². The van der Waals surface area contributed by atoms with Crippen LogP contribution in [0, 0.1) is 10.1 Å². The number of hydrogen-bond acceptors (Lipinski definition) is 6. The van der Waals surface area contributed by atoms with Crippen LogP contribution in [-0.2, 0) is 11.3 Å². The molecule has 0 atom stereocenters. The predicted molar refractivity (Wildman–Crippen MR) is 74.5 cm³/mol. The minimum absolute atomic E-state index is 0.222. The van der Waals surface area contributed by atoms with E-state index in [0.29, 0.717) is 11.7 Å². The molecule has 108 valence electrons. The molecular formula is C12H15ClN4O3. The Morgan fingerprint density at radius 1 is 1.45 bits per heavy atom. The lowest BCUT2D eigenvalue weighted by atomic mass is 10.2. The van der Waals surface area contributed by atoms with E-state index < -0.39 is 10.6 Å². The number of pyridine rings is 1. The van der Waals surface area contributed by atoms with Crippen molar-refractivity contribution in [2.75, 3.05) is 21.1 Å². The molecule has 0 saturated heterocycles. The standard InChI is InChI=1S/C12H15ClN4O3/c1-15(2)12(10(8-18)17(19)20)16(3)7-9-4-5-11(13)14-6-9/h4-6,8H,7H2,1-3H3/b12-10+. The van der Waals surface area contributed by atoms with Crippen LogP contribution in [0.1, 0.15) is 5.56 Å². The van der Waals surface area contributed by atoms with E-state index in [-0.39, 0.29) is 12.1 Å². The van der Waals surface area contributed by atoms with Gasteiger partial charge in [0.15, 0.2) is 5.82 Å². The Bertz CT molecular complexity index is 528. The molecule has 20 heavy (non-hydrogen) atoms. The number of nitro groups is 1. The molecule has 0 aliphatic rings. The number of hydrogen-bond donors (Lipinski definition) is 0. The molecule has 7 nitrogen and oxygen atoms in total. The summed E-state index contributed by atoms with van der Waals surface area (Å²) in [6.45, 7) is 0.364. The molecular weight excluding hydrogens is 284 g/mol.